The summed E-state index contributed by atoms with van der Waals surface area (Å²) in [5.74, 6) is 4.56. The lowest BCUT2D eigenvalue weighted by Gasteiger charge is -2.47. The molecule has 0 radical (unpaired) electrons. The van der Waals surface area contributed by atoms with Gasteiger partial charge in [-0.2, -0.15) is 0 Å². The summed E-state index contributed by atoms with van der Waals surface area (Å²) in [6, 6.07) is 0. The zero-order valence-electron chi connectivity index (χ0n) is 19.8. The SMILES string of the molecule is CC1CCC(C(C)/C=C/C(C)C(C)C)CCCC2C1=CCC1=CC(=O)CCC12C. The van der Waals surface area contributed by atoms with E-state index in [4.69, 9.17) is 0 Å². The summed E-state index contributed by atoms with van der Waals surface area (Å²) in [5, 5.41) is 0. The first-order chi connectivity index (χ1) is 13.7. The van der Waals surface area contributed by atoms with Crippen LogP contribution in [0.4, 0.5) is 0 Å². The average Bonchev–Trinajstić information content (AvgIpc) is 2.76. The molecule has 3 rings (SSSR count). The van der Waals surface area contributed by atoms with E-state index in [1.165, 1.54) is 37.7 Å². The van der Waals surface area contributed by atoms with E-state index in [0.29, 0.717) is 29.5 Å². The molecule has 3 aliphatic rings. The molecule has 0 saturated heterocycles. The predicted octanol–water partition coefficient (Wildman–Crippen LogP) is 7.93. The van der Waals surface area contributed by atoms with E-state index in [-0.39, 0.29) is 5.41 Å². The highest BCUT2D eigenvalue weighted by Crippen LogP contribution is 2.54. The molecule has 0 N–H and O–H groups in total. The average molecular weight is 397 g/mol. The van der Waals surface area contributed by atoms with Gasteiger partial charge in [0, 0.05) is 6.42 Å². The fourth-order valence-corrected chi connectivity index (χ4v) is 6.05. The Labute approximate surface area is 180 Å². The van der Waals surface area contributed by atoms with Crippen LogP contribution < -0.4 is 0 Å². The van der Waals surface area contributed by atoms with Gasteiger partial charge in [-0.1, -0.05) is 77.3 Å². The van der Waals surface area contributed by atoms with E-state index in [0.717, 1.165) is 31.1 Å². The molecule has 0 spiro atoms. The van der Waals surface area contributed by atoms with Gasteiger partial charge in [0.25, 0.3) is 0 Å². The topological polar surface area (TPSA) is 17.1 Å². The van der Waals surface area contributed by atoms with Gasteiger partial charge < -0.3 is 0 Å². The minimum Gasteiger partial charge on any atom is -0.295 e. The summed E-state index contributed by atoms with van der Waals surface area (Å²) in [5.41, 5.74) is 3.37. The highest BCUT2D eigenvalue weighted by atomic mass is 16.1. The molecule has 0 aromatic rings. The maximum atomic E-state index is 12.0. The maximum absolute atomic E-state index is 12.0. The van der Waals surface area contributed by atoms with Crippen molar-refractivity contribution in [3.8, 4) is 0 Å². The van der Waals surface area contributed by atoms with Crippen molar-refractivity contribution in [2.24, 2.45) is 40.9 Å². The number of rotatable bonds is 4. The Hall–Kier alpha value is -1.11. The number of carbonyl (C=O) groups excluding carboxylic acids is 1. The molecule has 162 valence electrons. The van der Waals surface area contributed by atoms with Crippen LogP contribution in [0.3, 0.4) is 0 Å². The number of allylic oxidation sites excluding steroid dienone is 6. The standard InChI is InChI=1S/C28H44O/c1-19(2)20(3)10-11-21(4)23-8-7-9-27-26(22(5)12-13-23)15-14-24-18-25(29)16-17-28(24,27)6/h10-11,15,18-23,27H,7-9,12-14,16-17H2,1-6H3/b11-10+. The molecule has 6 atom stereocenters. The number of fused-ring (bicyclic) bond motifs is 3. The molecule has 0 aromatic heterocycles. The van der Waals surface area contributed by atoms with Crippen molar-refractivity contribution in [2.45, 2.75) is 92.9 Å². The van der Waals surface area contributed by atoms with E-state index in [9.17, 15) is 4.79 Å². The van der Waals surface area contributed by atoms with Crippen molar-refractivity contribution in [1.29, 1.82) is 0 Å². The molecular formula is C28H44O. The molecule has 0 aromatic carbocycles. The predicted molar refractivity (Wildman–Crippen MR) is 125 cm³/mol. The molecule has 6 unspecified atom stereocenters. The van der Waals surface area contributed by atoms with Gasteiger partial charge in [-0.25, -0.2) is 0 Å². The Bertz CT molecular complexity index is 678. The highest BCUT2D eigenvalue weighted by molar-refractivity contribution is 5.91. The van der Waals surface area contributed by atoms with Crippen molar-refractivity contribution in [3.05, 3.63) is 35.5 Å². The molecule has 0 amide bonds. The summed E-state index contributed by atoms with van der Waals surface area (Å²) >= 11 is 0. The Morgan fingerprint density at radius 3 is 2.55 bits per heavy atom. The van der Waals surface area contributed by atoms with Gasteiger partial charge in [-0.05, 0) is 85.5 Å². The van der Waals surface area contributed by atoms with Crippen molar-refractivity contribution in [2.75, 3.05) is 0 Å². The molecule has 1 fully saturated rings. The third-order valence-corrected chi connectivity index (χ3v) is 8.81. The van der Waals surface area contributed by atoms with E-state index in [1.807, 2.05) is 6.08 Å². The summed E-state index contributed by atoms with van der Waals surface area (Å²) in [6.07, 6.45) is 18.9. The van der Waals surface area contributed by atoms with E-state index in [2.05, 4.69) is 59.8 Å². The first-order valence-corrected chi connectivity index (χ1v) is 12.3. The third kappa shape index (κ3) is 4.97. The molecule has 0 bridgehead atoms. The molecule has 0 heterocycles. The quantitative estimate of drug-likeness (QED) is 0.441. The lowest BCUT2D eigenvalue weighted by Crippen LogP contribution is -2.38. The number of hydrogen-bond acceptors (Lipinski definition) is 1. The van der Waals surface area contributed by atoms with Crippen LogP contribution in [0.25, 0.3) is 0 Å². The van der Waals surface area contributed by atoms with Crippen LogP contribution in [0.5, 0.6) is 0 Å². The maximum Gasteiger partial charge on any atom is 0.155 e. The summed E-state index contributed by atoms with van der Waals surface area (Å²) in [7, 11) is 0. The van der Waals surface area contributed by atoms with Crippen LogP contribution >= 0.6 is 0 Å². The summed E-state index contributed by atoms with van der Waals surface area (Å²) in [6.45, 7) is 14.4. The molecule has 29 heavy (non-hydrogen) atoms. The first kappa shape index (κ1) is 22.6. The second-order valence-electron chi connectivity index (χ2n) is 11.0. The fraction of sp³-hybridized carbons (Fsp3) is 0.750. The molecule has 1 heteroatoms. The molecule has 1 nitrogen and oxygen atoms in total. The summed E-state index contributed by atoms with van der Waals surface area (Å²) in [4.78, 5) is 12.0. The largest absolute Gasteiger partial charge is 0.295 e. The second-order valence-corrected chi connectivity index (χ2v) is 11.0. The van der Waals surface area contributed by atoms with Gasteiger partial charge in [0.15, 0.2) is 5.78 Å². The van der Waals surface area contributed by atoms with Crippen molar-refractivity contribution in [1.82, 2.24) is 0 Å². The Balaban J connectivity index is 1.74. The van der Waals surface area contributed by atoms with Crippen LogP contribution in [-0.4, -0.2) is 5.78 Å². The van der Waals surface area contributed by atoms with E-state index >= 15 is 0 Å². The summed E-state index contributed by atoms with van der Waals surface area (Å²) < 4.78 is 0. The Kier molecular flexibility index (Phi) is 7.28. The highest BCUT2D eigenvalue weighted by Gasteiger charge is 2.44. The van der Waals surface area contributed by atoms with E-state index < -0.39 is 0 Å². The van der Waals surface area contributed by atoms with Gasteiger partial charge in [-0.3, -0.25) is 4.79 Å². The van der Waals surface area contributed by atoms with Gasteiger partial charge in [0.05, 0.1) is 0 Å². The zero-order valence-corrected chi connectivity index (χ0v) is 19.8. The monoisotopic (exact) mass is 396 g/mol. The van der Waals surface area contributed by atoms with Gasteiger partial charge in [0.2, 0.25) is 0 Å². The van der Waals surface area contributed by atoms with Crippen LogP contribution in [-0.2, 0) is 4.79 Å². The number of hydrogen-bond donors (Lipinski definition) is 0. The molecule has 3 aliphatic carbocycles. The minimum absolute atomic E-state index is 0.226. The van der Waals surface area contributed by atoms with Gasteiger partial charge >= 0.3 is 0 Å². The minimum atomic E-state index is 0.226. The fourth-order valence-electron chi connectivity index (χ4n) is 6.05. The lowest BCUT2D eigenvalue weighted by atomic mass is 9.57. The van der Waals surface area contributed by atoms with Crippen LogP contribution in [0.1, 0.15) is 92.9 Å². The van der Waals surface area contributed by atoms with Crippen molar-refractivity contribution >= 4 is 5.78 Å². The first-order valence-electron chi connectivity index (χ1n) is 12.3. The number of carbonyl (C=O) groups is 1. The Morgan fingerprint density at radius 2 is 1.83 bits per heavy atom. The third-order valence-electron chi connectivity index (χ3n) is 8.81. The van der Waals surface area contributed by atoms with Crippen molar-refractivity contribution < 1.29 is 4.79 Å². The van der Waals surface area contributed by atoms with E-state index in [1.54, 1.807) is 5.57 Å². The van der Waals surface area contributed by atoms with Gasteiger partial charge in [-0.15, -0.1) is 0 Å². The molecule has 0 aliphatic heterocycles. The van der Waals surface area contributed by atoms with Gasteiger partial charge in [0.1, 0.15) is 0 Å². The zero-order chi connectivity index (χ0) is 21.2. The number of ketones is 1. The lowest BCUT2D eigenvalue weighted by molar-refractivity contribution is -0.116. The normalized spacial score (nSPS) is 35.7. The molecular weight excluding hydrogens is 352 g/mol. The Morgan fingerprint density at radius 1 is 1.07 bits per heavy atom. The molecule has 1 saturated carbocycles. The van der Waals surface area contributed by atoms with Crippen LogP contribution in [0.2, 0.25) is 0 Å². The smallest absolute Gasteiger partial charge is 0.155 e. The van der Waals surface area contributed by atoms with Crippen LogP contribution in [0, 0.1) is 40.9 Å². The van der Waals surface area contributed by atoms with Crippen molar-refractivity contribution in [3.63, 3.8) is 0 Å². The van der Waals surface area contributed by atoms with Crippen LogP contribution in [0.15, 0.2) is 35.5 Å². The second kappa shape index (κ2) is 9.36.